The summed E-state index contributed by atoms with van der Waals surface area (Å²) < 4.78 is 4.70. The number of aliphatic hydroxyl groups is 2. The second-order valence-electron chi connectivity index (χ2n) is 2.43. The fourth-order valence-electron chi connectivity index (χ4n) is 0.416. The quantitative estimate of drug-likeness (QED) is 0.551. The van der Waals surface area contributed by atoms with Crippen LogP contribution in [-0.2, 0) is 4.74 Å². The van der Waals surface area contributed by atoms with Crippen LogP contribution < -0.4 is 0 Å². The molecule has 0 fully saturated rings. The zero-order chi connectivity index (χ0) is 7.49. The maximum absolute atomic E-state index is 8.94. The average Bonchev–Trinajstić information content (AvgIpc) is 1.62. The summed E-state index contributed by atoms with van der Waals surface area (Å²) in [5.74, 6) is -1.23. The second-order valence-corrected chi connectivity index (χ2v) is 2.43. The Hall–Kier alpha value is -0.120. The normalized spacial score (nSPS) is 15.7. The maximum atomic E-state index is 8.94. The molecule has 1 unspecified atom stereocenters. The van der Waals surface area contributed by atoms with Crippen molar-refractivity contribution in [2.24, 2.45) is 0 Å². The summed E-state index contributed by atoms with van der Waals surface area (Å²) in [7, 11) is 0. The largest absolute Gasteiger partial charge is 0.368 e. The zero-order valence-electron chi connectivity index (χ0n) is 6.09. The topological polar surface area (TPSA) is 49.7 Å². The summed E-state index contributed by atoms with van der Waals surface area (Å²) in [6.07, 6.45) is -0.366. The molecule has 0 heterocycles. The van der Waals surface area contributed by atoms with Gasteiger partial charge in [-0.2, -0.15) is 0 Å². The lowest BCUT2D eigenvalue weighted by molar-refractivity contribution is -0.260. The highest BCUT2D eigenvalue weighted by atomic mass is 16.7. The Bertz CT molecular complexity index is 74.9. The van der Waals surface area contributed by atoms with Gasteiger partial charge in [0.2, 0.25) is 0 Å². The highest BCUT2D eigenvalue weighted by Gasteiger charge is 2.16. The Morgan fingerprint density at radius 3 is 2.11 bits per heavy atom. The first-order valence-corrected chi connectivity index (χ1v) is 3.04. The number of hydrogen-bond acceptors (Lipinski definition) is 3. The predicted octanol–water partition coefficient (Wildman–Crippen LogP) is 0.460. The molecule has 0 aliphatic carbocycles. The SMILES string of the molecule is CCC(O)OC(C)(C)O. The first-order chi connectivity index (χ1) is 3.95. The van der Waals surface area contributed by atoms with E-state index in [0.29, 0.717) is 6.42 Å². The summed E-state index contributed by atoms with van der Waals surface area (Å²) in [6, 6.07) is 0. The molecule has 0 saturated heterocycles. The molecule has 0 rings (SSSR count). The Labute approximate surface area is 55.3 Å². The lowest BCUT2D eigenvalue weighted by atomic mass is 10.4. The Balaban J connectivity index is 3.47. The van der Waals surface area contributed by atoms with Crippen LogP contribution in [-0.4, -0.2) is 22.3 Å². The third-order valence-corrected chi connectivity index (χ3v) is 0.774. The standard InChI is InChI=1S/C6H14O3/c1-4-5(7)9-6(2,3)8/h5,7-8H,4H2,1-3H3. The molecular weight excluding hydrogens is 120 g/mol. The van der Waals surface area contributed by atoms with Gasteiger partial charge in [0.05, 0.1) is 0 Å². The molecule has 9 heavy (non-hydrogen) atoms. The molecule has 0 aliphatic heterocycles. The molecule has 0 aromatic heterocycles. The summed E-state index contributed by atoms with van der Waals surface area (Å²) in [4.78, 5) is 0. The minimum absolute atomic E-state index is 0.490. The van der Waals surface area contributed by atoms with Crippen molar-refractivity contribution in [3.8, 4) is 0 Å². The lowest BCUT2D eigenvalue weighted by Crippen LogP contribution is -2.29. The van der Waals surface area contributed by atoms with Crippen molar-refractivity contribution in [2.45, 2.75) is 39.3 Å². The van der Waals surface area contributed by atoms with E-state index in [-0.39, 0.29) is 0 Å². The van der Waals surface area contributed by atoms with E-state index in [9.17, 15) is 0 Å². The van der Waals surface area contributed by atoms with Gasteiger partial charge in [0.25, 0.3) is 0 Å². The minimum Gasteiger partial charge on any atom is -0.368 e. The van der Waals surface area contributed by atoms with Crippen LogP contribution in [0.3, 0.4) is 0 Å². The van der Waals surface area contributed by atoms with Gasteiger partial charge in [-0.15, -0.1) is 0 Å². The molecule has 3 heteroatoms. The van der Waals surface area contributed by atoms with E-state index < -0.39 is 12.1 Å². The molecule has 0 saturated carbocycles. The van der Waals surface area contributed by atoms with Gasteiger partial charge >= 0.3 is 0 Å². The molecule has 0 spiro atoms. The van der Waals surface area contributed by atoms with Gasteiger partial charge in [0, 0.05) is 0 Å². The number of rotatable bonds is 3. The van der Waals surface area contributed by atoms with Crippen LogP contribution in [0.2, 0.25) is 0 Å². The van der Waals surface area contributed by atoms with Crippen LogP contribution in [0.5, 0.6) is 0 Å². The van der Waals surface area contributed by atoms with E-state index in [1.807, 2.05) is 0 Å². The van der Waals surface area contributed by atoms with Crippen LogP contribution >= 0.6 is 0 Å². The van der Waals surface area contributed by atoms with Gasteiger partial charge < -0.3 is 14.9 Å². The van der Waals surface area contributed by atoms with E-state index in [2.05, 4.69) is 0 Å². The van der Waals surface area contributed by atoms with Crippen LogP contribution in [0.4, 0.5) is 0 Å². The first-order valence-electron chi connectivity index (χ1n) is 3.04. The number of ether oxygens (including phenoxy) is 1. The second kappa shape index (κ2) is 3.15. The van der Waals surface area contributed by atoms with Crippen molar-refractivity contribution in [2.75, 3.05) is 0 Å². The van der Waals surface area contributed by atoms with E-state index >= 15 is 0 Å². The van der Waals surface area contributed by atoms with Crippen LogP contribution in [0.25, 0.3) is 0 Å². The molecule has 0 aromatic carbocycles. The molecule has 2 N–H and O–H groups in total. The Morgan fingerprint density at radius 1 is 1.56 bits per heavy atom. The summed E-state index contributed by atoms with van der Waals surface area (Å²) in [5.41, 5.74) is 0. The molecular formula is C6H14O3. The van der Waals surface area contributed by atoms with Crippen molar-refractivity contribution in [3.63, 3.8) is 0 Å². The van der Waals surface area contributed by atoms with Crippen LogP contribution in [0.15, 0.2) is 0 Å². The van der Waals surface area contributed by atoms with Gasteiger partial charge in [-0.05, 0) is 20.3 Å². The van der Waals surface area contributed by atoms with Gasteiger partial charge in [0.15, 0.2) is 12.1 Å². The highest BCUT2D eigenvalue weighted by molar-refractivity contribution is 4.49. The lowest BCUT2D eigenvalue weighted by Gasteiger charge is -2.21. The predicted molar refractivity (Wildman–Crippen MR) is 33.7 cm³/mol. The fourth-order valence-corrected chi connectivity index (χ4v) is 0.416. The van der Waals surface area contributed by atoms with Gasteiger partial charge in [-0.25, -0.2) is 0 Å². The van der Waals surface area contributed by atoms with Crippen molar-refractivity contribution in [3.05, 3.63) is 0 Å². The third kappa shape index (κ3) is 5.76. The summed E-state index contributed by atoms with van der Waals surface area (Å²) >= 11 is 0. The molecule has 0 bridgehead atoms. The Kier molecular flexibility index (Phi) is 3.11. The zero-order valence-corrected chi connectivity index (χ0v) is 6.09. The summed E-state index contributed by atoms with van der Waals surface area (Å²) in [5, 5.41) is 17.7. The number of hydrogen-bond donors (Lipinski definition) is 2. The van der Waals surface area contributed by atoms with E-state index in [4.69, 9.17) is 14.9 Å². The van der Waals surface area contributed by atoms with Crippen molar-refractivity contribution in [1.82, 2.24) is 0 Å². The smallest absolute Gasteiger partial charge is 0.162 e. The molecule has 0 aromatic rings. The summed E-state index contributed by atoms with van der Waals surface area (Å²) in [6.45, 7) is 4.73. The molecule has 0 radical (unpaired) electrons. The molecule has 0 aliphatic rings. The van der Waals surface area contributed by atoms with Crippen molar-refractivity contribution < 1.29 is 14.9 Å². The fraction of sp³-hybridized carbons (Fsp3) is 1.00. The molecule has 3 nitrogen and oxygen atoms in total. The van der Waals surface area contributed by atoms with E-state index in [0.717, 1.165) is 0 Å². The van der Waals surface area contributed by atoms with Crippen LogP contribution in [0.1, 0.15) is 27.2 Å². The molecule has 0 amide bonds. The van der Waals surface area contributed by atoms with E-state index in [1.54, 1.807) is 6.92 Å². The minimum atomic E-state index is -1.23. The number of aliphatic hydroxyl groups excluding tert-OH is 1. The molecule has 56 valence electrons. The Morgan fingerprint density at radius 2 is 2.00 bits per heavy atom. The van der Waals surface area contributed by atoms with Crippen molar-refractivity contribution >= 4 is 0 Å². The average molecular weight is 134 g/mol. The van der Waals surface area contributed by atoms with Crippen LogP contribution in [0, 0.1) is 0 Å². The highest BCUT2D eigenvalue weighted by Crippen LogP contribution is 2.07. The third-order valence-electron chi connectivity index (χ3n) is 0.774. The maximum Gasteiger partial charge on any atom is 0.162 e. The van der Waals surface area contributed by atoms with Gasteiger partial charge in [-0.1, -0.05) is 6.92 Å². The van der Waals surface area contributed by atoms with Gasteiger partial charge in [0.1, 0.15) is 0 Å². The van der Waals surface area contributed by atoms with Gasteiger partial charge in [-0.3, -0.25) is 0 Å². The van der Waals surface area contributed by atoms with E-state index in [1.165, 1.54) is 13.8 Å². The van der Waals surface area contributed by atoms with Crippen molar-refractivity contribution in [1.29, 1.82) is 0 Å². The first kappa shape index (κ1) is 8.88. The molecule has 1 atom stereocenters. The monoisotopic (exact) mass is 134 g/mol.